The lowest BCUT2D eigenvalue weighted by atomic mass is 10.1. The first-order valence-electron chi connectivity index (χ1n) is 8.85. The third-order valence-corrected chi connectivity index (χ3v) is 4.23. The second-order valence-electron chi connectivity index (χ2n) is 6.16. The van der Waals surface area contributed by atoms with Gasteiger partial charge in [-0.05, 0) is 60.9 Å². The van der Waals surface area contributed by atoms with Gasteiger partial charge < -0.3 is 10.6 Å². The van der Waals surface area contributed by atoms with Gasteiger partial charge in [-0.15, -0.1) is 0 Å². The largest absolute Gasteiger partial charge is 0.322 e. The van der Waals surface area contributed by atoms with Crippen molar-refractivity contribution in [3.05, 3.63) is 96.0 Å². The number of carbonyl (C=O) groups is 2. The summed E-state index contributed by atoms with van der Waals surface area (Å²) in [5, 5.41) is 5.67. The van der Waals surface area contributed by atoms with Crippen molar-refractivity contribution in [3.63, 3.8) is 0 Å². The van der Waals surface area contributed by atoms with Crippen molar-refractivity contribution in [2.24, 2.45) is 5.92 Å². The fourth-order valence-electron chi connectivity index (χ4n) is 2.62. The molecular weight excluding hydrogens is 338 g/mol. The fraction of sp³-hybridized carbons (Fsp3) is 0.136. The molecule has 3 rings (SSSR count). The number of carbonyl (C=O) groups excluding carboxylic acids is 2. The molecule has 5 heteroatoms. The van der Waals surface area contributed by atoms with Gasteiger partial charge in [-0.25, -0.2) is 0 Å². The number of hydrogen-bond donors (Lipinski definition) is 2. The summed E-state index contributed by atoms with van der Waals surface area (Å²) < 4.78 is 0. The maximum absolute atomic E-state index is 12.4. The van der Waals surface area contributed by atoms with E-state index in [1.165, 1.54) is 0 Å². The minimum Gasteiger partial charge on any atom is -0.322 e. The van der Waals surface area contributed by atoms with Crippen LogP contribution in [0.4, 0.5) is 5.69 Å². The van der Waals surface area contributed by atoms with Crippen LogP contribution in [0.3, 0.4) is 0 Å². The molecule has 0 fully saturated rings. The van der Waals surface area contributed by atoms with Gasteiger partial charge in [0.2, 0.25) is 0 Å². The van der Waals surface area contributed by atoms with Crippen molar-refractivity contribution in [2.75, 3.05) is 5.32 Å². The quantitative estimate of drug-likeness (QED) is 0.844. The molecule has 1 aromatic carbocycles. The second kappa shape index (κ2) is 8.76. The second-order valence-corrected chi connectivity index (χ2v) is 6.16. The molecule has 0 aliphatic heterocycles. The molecule has 0 saturated carbocycles. The van der Waals surface area contributed by atoms with Gasteiger partial charge in [0.05, 0.1) is 0 Å². The van der Waals surface area contributed by atoms with Gasteiger partial charge in [0.15, 0.2) is 0 Å². The van der Waals surface area contributed by atoms with Crippen LogP contribution >= 0.6 is 0 Å². The molecule has 1 heterocycles. The van der Waals surface area contributed by atoms with Crippen molar-refractivity contribution in [2.45, 2.75) is 13.3 Å². The monoisotopic (exact) mass is 359 g/mol. The van der Waals surface area contributed by atoms with Crippen molar-refractivity contribution in [1.29, 1.82) is 0 Å². The fourth-order valence-corrected chi connectivity index (χ4v) is 2.62. The molecule has 136 valence electrons. The van der Waals surface area contributed by atoms with Crippen LogP contribution in [0, 0.1) is 5.92 Å². The highest BCUT2D eigenvalue weighted by atomic mass is 16.2. The zero-order valence-corrected chi connectivity index (χ0v) is 15.1. The first-order valence-corrected chi connectivity index (χ1v) is 8.85. The molecule has 1 aliphatic carbocycles. The molecule has 2 aromatic rings. The van der Waals surface area contributed by atoms with Gasteiger partial charge in [-0.3, -0.25) is 14.6 Å². The van der Waals surface area contributed by atoms with Gasteiger partial charge >= 0.3 is 0 Å². The van der Waals surface area contributed by atoms with E-state index in [0.717, 1.165) is 12.1 Å². The highest BCUT2D eigenvalue weighted by molar-refractivity contribution is 6.05. The van der Waals surface area contributed by atoms with Crippen LogP contribution in [0.25, 0.3) is 0 Å². The van der Waals surface area contributed by atoms with Crippen LogP contribution in [-0.2, 0) is 0 Å². The third-order valence-electron chi connectivity index (χ3n) is 4.23. The minimum absolute atomic E-state index is 0.213. The summed E-state index contributed by atoms with van der Waals surface area (Å²) in [4.78, 5) is 28.6. The van der Waals surface area contributed by atoms with Crippen LogP contribution in [0.1, 0.15) is 34.1 Å². The average molecular weight is 359 g/mol. The lowest BCUT2D eigenvalue weighted by Crippen LogP contribution is -2.22. The predicted octanol–water partition coefficient (Wildman–Crippen LogP) is 4.10. The zero-order chi connectivity index (χ0) is 19.1. The Morgan fingerprint density at radius 2 is 1.56 bits per heavy atom. The van der Waals surface area contributed by atoms with Crippen LogP contribution in [0.2, 0.25) is 0 Å². The van der Waals surface area contributed by atoms with E-state index in [4.69, 9.17) is 0 Å². The molecule has 1 aromatic heterocycles. The highest BCUT2D eigenvalue weighted by Crippen LogP contribution is 2.13. The van der Waals surface area contributed by atoms with Crippen LogP contribution < -0.4 is 10.6 Å². The number of aromatic nitrogens is 1. The summed E-state index contributed by atoms with van der Waals surface area (Å²) in [6.07, 6.45) is 14.2. The van der Waals surface area contributed by atoms with E-state index in [1.54, 1.807) is 48.8 Å². The lowest BCUT2D eigenvalue weighted by molar-refractivity contribution is 0.0965. The molecule has 0 radical (unpaired) electrons. The highest BCUT2D eigenvalue weighted by Gasteiger charge is 2.10. The van der Waals surface area contributed by atoms with Crippen molar-refractivity contribution in [1.82, 2.24) is 10.3 Å². The third kappa shape index (κ3) is 5.01. The van der Waals surface area contributed by atoms with Gasteiger partial charge in [0.1, 0.15) is 0 Å². The summed E-state index contributed by atoms with van der Waals surface area (Å²) in [6.45, 7) is 2.12. The van der Waals surface area contributed by atoms with Gasteiger partial charge in [0, 0.05) is 34.9 Å². The minimum atomic E-state index is -0.238. The number of hydrogen-bond acceptors (Lipinski definition) is 3. The van der Waals surface area contributed by atoms with E-state index in [2.05, 4.69) is 34.7 Å². The maximum atomic E-state index is 12.4. The van der Waals surface area contributed by atoms with E-state index >= 15 is 0 Å². The Hall–Kier alpha value is -3.47. The number of benzene rings is 1. The average Bonchev–Trinajstić information content (AvgIpc) is 2.94. The first-order chi connectivity index (χ1) is 13.2. The number of nitrogens with zero attached hydrogens (tertiary/aromatic N) is 1. The van der Waals surface area contributed by atoms with Crippen molar-refractivity contribution in [3.8, 4) is 0 Å². The van der Waals surface area contributed by atoms with Crippen LogP contribution in [-0.4, -0.2) is 16.8 Å². The van der Waals surface area contributed by atoms with Crippen molar-refractivity contribution < 1.29 is 9.59 Å². The number of amides is 2. The molecule has 27 heavy (non-hydrogen) atoms. The maximum Gasteiger partial charge on any atom is 0.255 e. The Kier molecular flexibility index (Phi) is 5.94. The Labute approximate surface area is 158 Å². The number of pyridine rings is 1. The molecule has 2 amide bonds. The number of rotatable bonds is 5. The summed E-state index contributed by atoms with van der Waals surface area (Å²) in [5.74, 6) is -0.0671. The molecule has 0 bridgehead atoms. The zero-order valence-electron chi connectivity index (χ0n) is 15.1. The normalized spacial score (nSPS) is 15.6. The Morgan fingerprint density at radius 1 is 0.926 bits per heavy atom. The summed E-state index contributed by atoms with van der Waals surface area (Å²) in [7, 11) is 0. The molecule has 1 atom stereocenters. The molecule has 0 saturated heterocycles. The van der Waals surface area contributed by atoms with Gasteiger partial charge in [-0.1, -0.05) is 25.2 Å². The Bertz CT molecular complexity index is 897. The standard InChI is InChI=1S/C22H21N3O2/c1-2-16-4-3-5-19(11-6-16)24-21(26)17-7-9-18(10-8-17)22(27)25-20-12-14-23-15-13-20/h3-16H,2H2,1H3,(H,24,26)(H,23,25,27). The molecule has 0 spiro atoms. The summed E-state index contributed by atoms with van der Waals surface area (Å²) in [5.41, 5.74) is 2.38. The Morgan fingerprint density at radius 3 is 2.19 bits per heavy atom. The first kappa shape index (κ1) is 18.3. The Balaban J connectivity index is 1.63. The van der Waals surface area contributed by atoms with E-state index in [0.29, 0.717) is 22.7 Å². The van der Waals surface area contributed by atoms with E-state index in [1.807, 2.05) is 18.2 Å². The van der Waals surface area contributed by atoms with E-state index < -0.39 is 0 Å². The molecule has 5 nitrogen and oxygen atoms in total. The van der Waals surface area contributed by atoms with E-state index in [-0.39, 0.29) is 11.8 Å². The van der Waals surface area contributed by atoms with Crippen molar-refractivity contribution >= 4 is 17.5 Å². The molecule has 1 aliphatic rings. The van der Waals surface area contributed by atoms with Crippen LogP contribution in [0.15, 0.2) is 84.9 Å². The van der Waals surface area contributed by atoms with Crippen LogP contribution in [0.5, 0.6) is 0 Å². The molecular formula is C22H21N3O2. The topological polar surface area (TPSA) is 71.1 Å². The SMILES string of the molecule is CCC1C=CC=C(NC(=O)c2ccc(C(=O)Nc3ccncc3)cc2)C=C1. The van der Waals surface area contributed by atoms with E-state index in [9.17, 15) is 9.59 Å². The summed E-state index contributed by atoms with van der Waals surface area (Å²) >= 11 is 0. The van der Waals surface area contributed by atoms with Gasteiger partial charge in [0.25, 0.3) is 11.8 Å². The van der Waals surface area contributed by atoms with Gasteiger partial charge in [-0.2, -0.15) is 0 Å². The number of allylic oxidation sites excluding steroid dienone is 5. The summed E-state index contributed by atoms with van der Waals surface area (Å²) in [6, 6.07) is 9.98. The smallest absolute Gasteiger partial charge is 0.255 e. The molecule has 2 N–H and O–H groups in total. The predicted molar refractivity (Wildman–Crippen MR) is 106 cm³/mol. The number of nitrogens with one attached hydrogen (secondary N) is 2. The molecule has 1 unspecified atom stereocenters. The lowest BCUT2D eigenvalue weighted by Gasteiger charge is -2.08. The number of anilines is 1.